The van der Waals surface area contributed by atoms with Crippen LogP contribution >= 0.6 is 0 Å². The first kappa shape index (κ1) is 9.65. The van der Waals surface area contributed by atoms with Crippen LogP contribution < -0.4 is 0 Å². The quantitative estimate of drug-likeness (QED) is 0.618. The van der Waals surface area contributed by atoms with E-state index in [-0.39, 0.29) is 0 Å². The lowest BCUT2D eigenvalue weighted by atomic mass is 10.0. The van der Waals surface area contributed by atoms with Crippen molar-refractivity contribution in [3.63, 3.8) is 0 Å². The van der Waals surface area contributed by atoms with Gasteiger partial charge in [-0.25, -0.2) is 0 Å². The van der Waals surface area contributed by atoms with Gasteiger partial charge in [-0.2, -0.15) is 0 Å². The molecule has 0 atom stereocenters. The van der Waals surface area contributed by atoms with Gasteiger partial charge in [0.25, 0.3) is 0 Å². The third-order valence-corrected chi connectivity index (χ3v) is 4.91. The Morgan fingerprint density at radius 1 is 1.14 bits per heavy atom. The van der Waals surface area contributed by atoms with Crippen LogP contribution in [0.2, 0.25) is 19.6 Å². The number of rotatable bonds is 1. The molecule has 0 spiro atoms. The Kier molecular flexibility index (Phi) is 2.31. The zero-order valence-electron chi connectivity index (χ0n) is 9.25. The first-order valence-electron chi connectivity index (χ1n) is 5.27. The SMILES string of the molecule is C[Si](C)(C)[N+]1=Cc2ccccc2CC1. The molecule has 1 aliphatic rings. The molecule has 0 unspecified atom stereocenters. The van der Waals surface area contributed by atoms with Crippen LogP contribution in [0.4, 0.5) is 0 Å². The predicted molar refractivity (Wildman–Crippen MR) is 63.8 cm³/mol. The van der Waals surface area contributed by atoms with Gasteiger partial charge in [0.15, 0.2) is 0 Å². The van der Waals surface area contributed by atoms with Gasteiger partial charge in [-0.05, 0) is 31.3 Å². The summed E-state index contributed by atoms with van der Waals surface area (Å²) in [5.41, 5.74) is 2.92. The van der Waals surface area contributed by atoms with Crippen molar-refractivity contribution < 1.29 is 4.24 Å². The summed E-state index contributed by atoms with van der Waals surface area (Å²) in [6.07, 6.45) is 3.56. The minimum absolute atomic E-state index is 1.15. The zero-order chi connectivity index (χ0) is 10.2. The highest BCUT2D eigenvalue weighted by atomic mass is 28.3. The van der Waals surface area contributed by atoms with E-state index in [1.807, 2.05) is 0 Å². The van der Waals surface area contributed by atoms with Gasteiger partial charge in [0.2, 0.25) is 0 Å². The maximum atomic E-state index is 2.56. The molecule has 0 radical (unpaired) electrons. The highest BCUT2D eigenvalue weighted by Gasteiger charge is 2.31. The third kappa shape index (κ3) is 1.80. The third-order valence-electron chi connectivity index (χ3n) is 2.83. The molecule has 0 bridgehead atoms. The molecule has 0 aliphatic carbocycles. The van der Waals surface area contributed by atoms with E-state index in [9.17, 15) is 0 Å². The Labute approximate surface area is 87.2 Å². The molecular weight excluding hydrogens is 186 g/mol. The normalized spacial score (nSPS) is 16.1. The summed E-state index contributed by atoms with van der Waals surface area (Å²) < 4.78 is 2.56. The van der Waals surface area contributed by atoms with Crippen molar-refractivity contribution >= 4 is 14.5 Å². The Morgan fingerprint density at radius 2 is 1.86 bits per heavy atom. The average Bonchev–Trinajstić information content (AvgIpc) is 2.16. The van der Waals surface area contributed by atoms with Crippen molar-refractivity contribution in [1.29, 1.82) is 0 Å². The summed E-state index contributed by atoms with van der Waals surface area (Å²) >= 11 is 0. The van der Waals surface area contributed by atoms with E-state index in [1.165, 1.54) is 24.1 Å². The van der Waals surface area contributed by atoms with Crippen LogP contribution in [0.5, 0.6) is 0 Å². The minimum Gasteiger partial charge on any atom is -0.309 e. The van der Waals surface area contributed by atoms with Crippen LogP contribution in [0.1, 0.15) is 11.1 Å². The first-order valence-corrected chi connectivity index (χ1v) is 8.71. The van der Waals surface area contributed by atoms with E-state index in [2.05, 4.69) is 54.4 Å². The molecule has 1 heterocycles. The lowest BCUT2D eigenvalue weighted by molar-refractivity contribution is -0.394. The molecule has 2 heteroatoms. The molecule has 0 saturated heterocycles. The maximum absolute atomic E-state index is 2.56. The fourth-order valence-electron chi connectivity index (χ4n) is 1.89. The summed E-state index contributed by atoms with van der Waals surface area (Å²) in [6.45, 7) is 8.40. The van der Waals surface area contributed by atoms with E-state index in [4.69, 9.17) is 0 Å². The van der Waals surface area contributed by atoms with Gasteiger partial charge in [0.05, 0.1) is 0 Å². The summed E-state index contributed by atoms with van der Waals surface area (Å²) in [7, 11) is -1.15. The number of benzene rings is 1. The van der Waals surface area contributed by atoms with Gasteiger partial charge in [-0.15, -0.1) is 0 Å². The highest BCUT2D eigenvalue weighted by molar-refractivity contribution is 6.68. The molecule has 1 aromatic rings. The standard InChI is InChI=1S/C12H18NSi/c1-14(2,3)13-9-8-11-6-4-5-7-12(11)10-13/h4-7,10H,8-9H2,1-3H3/q+1. The van der Waals surface area contributed by atoms with E-state index in [0.29, 0.717) is 0 Å². The summed E-state index contributed by atoms with van der Waals surface area (Å²) in [4.78, 5) is 0. The number of fused-ring (bicyclic) bond motifs is 1. The second-order valence-electron chi connectivity index (χ2n) is 4.94. The van der Waals surface area contributed by atoms with Crippen LogP contribution in [0.15, 0.2) is 24.3 Å². The van der Waals surface area contributed by atoms with Crippen molar-refractivity contribution in [1.82, 2.24) is 0 Å². The van der Waals surface area contributed by atoms with Crippen LogP contribution in [0.3, 0.4) is 0 Å². The Balaban J connectivity index is 2.41. The van der Waals surface area contributed by atoms with Crippen molar-refractivity contribution in [3.8, 4) is 0 Å². The molecule has 0 fully saturated rings. The smallest absolute Gasteiger partial charge is 0.309 e. The van der Waals surface area contributed by atoms with Crippen LogP contribution in [-0.4, -0.2) is 25.2 Å². The Morgan fingerprint density at radius 3 is 2.57 bits per heavy atom. The molecule has 0 aromatic heterocycles. The predicted octanol–water partition coefficient (Wildman–Crippen LogP) is 2.51. The van der Waals surface area contributed by atoms with Gasteiger partial charge in [-0.1, -0.05) is 18.2 Å². The van der Waals surface area contributed by atoms with Crippen LogP contribution in [0, 0.1) is 0 Å². The summed E-state index contributed by atoms with van der Waals surface area (Å²) in [6, 6.07) is 8.73. The molecule has 1 nitrogen and oxygen atoms in total. The largest absolute Gasteiger partial charge is 0.348 e. The fraction of sp³-hybridized carbons (Fsp3) is 0.417. The van der Waals surface area contributed by atoms with Gasteiger partial charge in [0.1, 0.15) is 12.8 Å². The molecule has 14 heavy (non-hydrogen) atoms. The number of hydrogen-bond donors (Lipinski definition) is 0. The molecule has 74 valence electrons. The molecule has 1 aromatic carbocycles. The second kappa shape index (κ2) is 3.35. The van der Waals surface area contributed by atoms with Gasteiger partial charge >= 0.3 is 8.24 Å². The molecule has 0 N–H and O–H groups in total. The molecule has 0 saturated carbocycles. The van der Waals surface area contributed by atoms with Crippen LogP contribution in [-0.2, 0) is 6.42 Å². The molecule has 1 aliphatic heterocycles. The highest BCUT2D eigenvalue weighted by Crippen LogP contribution is 2.14. The lowest BCUT2D eigenvalue weighted by Gasteiger charge is -2.20. The molecular formula is C12H18NSi+. The van der Waals surface area contributed by atoms with Gasteiger partial charge in [-0.3, -0.25) is 0 Å². The second-order valence-corrected chi connectivity index (χ2v) is 9.86. The van der Waals surface area contributed by atoms with Crippen molar-refractivity contribution in [3.05, 3.63) is 35.4 Å². The van der Waals surface area contributed by atoms with E-state index in [0.717, 1.165) is 0 Å². The molecule has 0 amide bonds. The summed E-state index contributed by atoms with van der Waals surface area (Å²) in [5.74, 6) is 0. The number of hydrogen-bond acceptors (Lipinski definition) is 0. The lowest BCUT2D eigenvalue weighted by Crippen LogP contribution is -2.42. The Hall–Kier alpha value is -0.893. The monoisotopic (exact) mass is 204 g/mol. The topological polar surface area (TPSA) is 3.01 Å². The zero-order valence-corrected chi connectivity index (χ0v) is 10.2. The van der Waals surface area contributed by atoms with E-state index >= 15 is 0 Å². The van der Waals surface area contributed by atoms with Crippen LogP contribution in [0.25, 0.3) is 0 Å². The summed E-state index contributed by atoms with van der Waals surface area (Å²) in [5, 5.41) is 0. The van der Waals surface area contributed by atoms with E-state index in [1.54, 1.807) is 0 Å². The van der Waals surface area contributed by atoms with Gasteiger partial charge in [0, 0.05) is 12.0 Å². The van der Waals surface area contributed by atoms with Crippen molar-refractivity contribution in [2.24, 2.45) is 0 Å². The fourth-order valence-corrected chi connectivity index (χ4v) is 3.20. The Bertz CT molecular complexity index is 374. The van der Waals surface area contributed by atoms with Crippen molar-refractivity contribution in [2.45, 2.75) is 26.1 Å². The molecule has 2 rings (SSSR count). The number of nitrogens with zero attached hydrogens (tertiary/aromatic N) is 1. The van der Waals surface area contributed by atoms with Crippen molar-refractivity contribution in [2.75, 3.05) is 6.54 Å². The minimum atomic E-state index is -1.15. The van der Waals surface area contributed by atoms with E-state index < -0.39 is 8.24 Å². The first-order chi connectivity index (χ1) is 6.57. The maximum Gasteiger partial charge on any atom is 0.348 e. The van der Waals surface area contributed by atoms with Gasteiger partial charge < -0.3 is 4.24 Å². The average molecular weight is 204 g/mol.